The van der Waals surface area contributed by atoms with Crippen LogP contribution in [0.3, 0.4) is 0 Å². The second-order valence-corrected chi connectivity index (χ2v) is 16.6. The number of fused-ring (bicyclic) bond motifs is 1. The lowest BCUT2D eigenvalue weighted by Crippen LogP contribution is -2.66. The first kappa shape index (κ1) is 29.6. The van der Waals surface area contributed by atoms with E-state index >= 15 is 0 Å². The number of benzene rings is 3. The highest BCUT2D eigenvalue weighted by atomic mass is 28.4. The summed E-state index contributed by atoms with van der Waals surface area (Å²) >= 11 is 0. The van der Waals surface area contributed by atoms with Crippen LogP contribution in [0.25, 0.3) is 22.4 Å². The maximum Gasteiger partial charge on any atom is 0.354 e. The first-order valence-electron chi connectivity index (χ1n) is 15.0. The number of aromatic carboxylic acids is 1. The monoisotopic (exact) mass is 599 g/mol. The first-order valence-corrected chi connectivity index (χ1v) is 16.9. The number of rotatable bonds is 9. The van der Waals surface area contributed by atoms with Crippen LogP contribution in [0.1, 0.15) is 54.8 Å². The van der Waals surface area contributed by atoms with E-state index in [9.17, 15) is 9.90 Å². The van der Waals surface area contributed by atoms with Crippen LogP contribution in [0, 0.1) is 0 Å². The van der Waals surface area contributed by atoms with Crippen molar-refractivity contribution in [3.05, 3.63) is 132 Å². The van der Waals surface area contributed by atoms with E-state index < -0.39 is 14.3 Å². The van der Waals surface area contributed by atoms with Crippen molar-refractivity contribution < 1.29 is 14.3 Å². The minimum absolute atomic E-state index is 0.0318. The lowest BCUT2D eigenvalue weighted by Gasteiger charge is -2.43. The van der Waals surface area contributed by atoms with Crippen molar-refractivity contribution >= 4 is 24.7 Å². The van der Waals surface area contributed by atoms with Gasteiger partial charge >= 0.3 is 5.97 Å². The van der Waals surface area contributed by atoms with Crippen LogP contribution in [0.4, 0.5) is 0 Å². The molecule has 3 heterocycles. The van der Waals surface area contributed by atoms with Crippen LogP contribution in [-0.2, 0) is 11.0 Å². The molecule has 7 heteroatoms. The van der Waals surface area contributed by atoms with Gasteiger partial charge in [-0.05, 0) is 56.7 Å². The summed E-state index contributed by atoms with van der Waals surface area (Å²) in [6.07, 6.45) is 4.31. The van der Waals surface area contributed by atoms with Crippen molar-refractivity contribution in [2.24, 2.45) is 0 Å². The maximum absolute atomic E-state index is 12.1. The van der Waals surface area contributed by atoms with Crippen molar-refractivity contribution in [1.29, 1.82) is 0 Å². The Morgan fingerprint density at radius 3 is 2.16 bits per heavy atom. The zero-order valence-electron chi connectivity index (χ0n) is 25.3. The van der Waals surface area contributed by atoms with Crippen molar-refractivity contribution in [3.8, 4) is 22.4 Å². The summed E-state index contributed by atoms with van der Waals surface area (Å²) in [5.74, 6) is -1.03. The molecular formula is C37H37N3O3Si. The van der Waals surface area contributed by atoms with E-state index in [4.69, 9.17) is 9.41 Å². The summed E-state index contributed by atoms with van der Waals surface area (Å²) in [5.41, 5.74) is 5.65. The van der Waals surface area contributed by atoms with Gasteiger partial charge in [0.2, 0.25) is 0 Å². The number of hydrogen-bond acceptors (Lipinski definition) is 5. The van der Waals surface area contributed by atoms with Crippen molar-refractivity contribution in [2.45, 2.75) is 44.8 Å². The topological polar surface area (TPSA) is 84.3 Å². The number of aromatic nitrogens is 2. The van der Waals surface area contributed by atoms with Crippen molar-refractivity contribution in [1.82, 2.24) is 15.3 Å². The number of hydrogen-bond donors (Lipinski definition) is 2. The normalized spacial score (nSPS) is 14.8. The summed E-state index contributed by atoms with van der Waals surface area (Å²) in [7, 11) is -2.69. The van der Waals surface area contributed by atoms with E-state index in [1.807, 2.05) is 36.5 Å². The van der Waals surface area contributed by atoms with Gasteiger partial charge in [-0.3, -0.25) is 4.98 Å². The highest BCUT2D eigenvalue weighted by molar-refractivity contribution is 6.99. The third kappa shape index (κ3) is 5.62. The molecule has 2 aromatic heterocycles. The number of nitrogens with zero attached hydrogens (tertiary/aromatic N) is 2. The average Bonchev–Trinajstić information content (AvgIpc) is 3.46. The fourth-order valence-corrected chi connectivity index (χ4v) is 11.1. The van der Waals surface area contributed by atoms with E-state index in [1.165, 1.54) is 10.4 Å². The van der Waals surface area contributed by atoms with E-state index in [-0.39, 0.29) is 16.8 Å². The predicted octanol–water partition coefficient (Wildman–Crippen LogP) is 6.62. The van der Waals surface area contributed by atoms with Gasteiger partial charge in [-0.25, -0.2) is 9.78 Å². The standard InChI is InChI=1S/C37H37N3O3Si/c1-37(2,3)44(30-15-6-4-7-16-30,31-17-8-5-9-18-31)43-21-19-32-34-29(25-39-32)23-33(36(41)42)40-35(34)27-13-10-12-26(22-27)28-14-11-20-38-24-28/h4-18,20,22-24,32,39H,19,21,25H2,1-3H3,(H,41,42). The Balaban J connectivity index is 1.36. The summed E-state index contributed by atoms with van der Waals surface area (Å²) in [6.45, 7) is 7.98. The molecule has 0 saturated heterocycles. The number of carboxylic acids is 1. The molecule has 1 aliphatic rings. The molecule has 222 valence electrons. The van der Waals surface area contributed by atoms with E-state index in [1.54, 1.807) is 12.3 Å². The molecular weight excluding hydrogens is 563 g/mol. The second kappa shape index (κ2) is 12.3. The SMILES string of the molecule is CC(C)(C)[Si](OCCC1NCc2cc(C(=O)O)nc(-c3cccc(-c4cccnc4)c3)c21)(c1ccccc1)c1ccccc1. The number of pyridine rings is 2. The van der Waals surface area contributed by atoms with Gasteiger partial charge in [0.05, 0.1) is 5.69 Å². The molecule has 0 radical (unpaired) electrons. The largest absolute Gasteiger partial charge is 0.477 e. The van der Waals surface area contributed by atoms with Crippen molar-refractivity contribution in [2.75, 3.05) is 6.61 Å². The molecule has 0 spiro atoms. The van der Waals surface area contributed by atoms with Gasteiger partial charge in [-0.1, -0.05) is 106 Å². The van der Waals surface area contributed by atoms with E-state index in [2.05, 4.69) is 97.8 Å². The minimum atomic E-state index is -2.69. The van der Waals surface area contributed by atoms with Gasteiger partial charge in [0.15, 0.2) is 0 Å². The summed E-state index contributed by atoms with van der Waals surface area (Å²) in [4.78, 5) is 21.1. The predicted molar refractivity (Wildman–Crippen MR) is 178 cm³/mol. The maximum atomic E-state index is 12.1. The Kier molecular flexibility index (Phi) is 8.27. The summed E-state index contributed by atoms with van der Waals surface area (Å²) < 4.78 is 7.21. The number of carboxylic acid groups (broad SMARTS) is 1. The molecule has 1 atom stereocenters. The van der Waals surface area contributed by atoms with Crippen LogP contribution in [0.5, 0.6) is 0 Å². The Morgan fingerprint density at radius 2 is 1.55 bits per heavy atom. The molecule has 0 amide bonds. The molecule has 6 rings (SSSR count). The highest BCUT2D eigenvalue weighted by Gasteiger charge is 2.50. The molecule has 6 nitrogen and oxygen atoms in total. The van der Waals surface area contributed by atoms with Crippen LogP contribution in [0.2, 0.25) is 5.04 Å². The number of carbonyl (C=O) groups is 1. The number of nitrogens with one attached hydrogen (secondary N) is 1. The fraction of sp³-hybridized carbons (Fsp3) is 0.216. The Labute approximate surface area is 260 Å². The average molecular weight is 600 g/mol. The van der Waals surface area contributed by atoms with Gasteiger partial charge < -0.3 is 14.8 Å². The van der Waals surface area contributed by atoms with E-state index in [0.29, 0.717) is 18.8 Å². The molecule has 3 aromatic carbocycles. The van der Waals surface area contributed by atoms with Crippen LogP contribution >= 0.6 is 0 Å². The lowest BCUT2D eigenvalue weighted by atomic mass is 9.94. The molecule has 1 aliphatic heterocycles. The zero-order valence-corrected chi connectivity index (χ0v) is 26.3. The van der Waals surface area contributed by atoms with E-state index in [0.717, 1.165) is 34.2 Å². The van der Waals surface area contributed by atoms with Crippen molar-refractivity contribution in [3.63, 3.8) is 0 Å². The van der Waals surface area contributed by atoms with Gasteiger partial charge in [0.1, 0.15) is 5.69 Å². The molecule has 5 aromatic rings. The third-order valence-corrected chi connectivity index (χ3v) is 13.6. The molecule has 0 saturated carbocycles. The Morgan fingerprint density at radius 1 is 0.886 bits per heavy atom. The van der Waals surface area contributed by atoms with Gasteiger partial charge in [-0.15, -0.1) is 0 Å². The van der Waals surface area contributed by atoms with Crippen LogP contribution in [0.15, 0.2) is 116 Å². The molecule has 2 N–H and O–H groups in total. The molecule has 1 unspecified atom stereocenters. The highest BCUT2D eigenvalue weighted by Crippen LogP contribution is 2.40. The van der Waals surface area contributed by atoms with Crippen LogP contribution in [-0.4, -0.2) is 36.0 Å². The quantitative estimate of drug-likeness (QED) is 0.185. The summed E-state index contributed by atoms with van der Waals surface area (Å²) in [6, 6.07) is 35.0. The minimum Gasteiger partial charge on any atom is -0.477 e. The van der Waals surface area contributed by atoms with Crippen LogP contribution < -0.4 is 15.7 Å². The summed E-state index contributed by atoms with van der Waals surface area (Å²) in [5, 5.41) is 15.9. The first-order chi connectivity index (χ1) is 21.3. The third-order valence-electron chi connectivity index (χ3n) is 8.52. The Hall–Kier alpha value is -4.43. The lowest BCUT2D eigenvalue weighted by molar-refractivity contribution is 0.0690. The molecule has 44 heavy (non-hydrogen) atoms. The fourth-order valence-electron chi connectivity index (χ4n) is 6.53. The van der Waals surface area contributed by atoms with Gasteiger partial charge in [0, 0.05) is 42.7 Å². The molecule has 0 aliphatic carbocycles. The smallest absolute Gasteiger partial charge is 0.354 e. The van der Waals surface area contributed by atoms with Gasteiger partial charge in [0.25, 0.3) is 8.32 Å². The second-order valence-electron chi connectivity index (χ2n) is 12.3. The Bertz CT molecular complexity index is 1720. The molecule has 0 fully saturated rings. The molecule has 0 bridgehead atoms. The zero-order chi connectivity index (χ0) is 30.7. The van der Waals surface area contributed by atoms with Gasteiger partial charge in [-0.2, -0.15) is 0 Å².